The summed E-state index contributed by atoms with van der Waals surface area (Å²) in [5, 5.41) is 19.0. The predicted octanol–water partition coefficient (Wildman–Crippen LogP) is 8.55. The molecule has 0 saturated heterocycles. The summed E-state index contributed by atoms with van der Waals surface area (Å²) in [5.74, 6) is -1.09. The molecule has 0 bridgehead atoms. The predicted molar refractivity (Wildman–Crippen MR) is 196 cm³/mol. The van der Waals surface area contributed by atoms with E-state index in [1.165, 1.54) is 0 Å². The number of phosphoric ester groups is 1. The maximum absolute atomic E-state index is 12.3. The Morgan fingerprint density at radius 1 is 0.551 bits per heavy atom. The molecule has 2 unspecified atom stereocenters. The van der Waals surface area contributed by atoms with E-state index < -0.39 is 58.4 Å². The largest absolute Gasteiger partial charge is 0.472 e. The summed E-state index contributed by atoms with van der Waals surface area (Å²) in [6.45, 7) is 1.86. The number of aliphatic hydroxyl groups is 2. The van der Waals surface area contributed by atoms with E-state index in [1.54, 1.807) is 0 Å². The Bertz CT molecular complexity index is 969. The lowest BCUT2D eigenvalue weighted by atomic mass is 10.1. The highest BCUT2D eigenvalue weighted by Gasteiger charge is 2.27. The van der Waals surface area contributed by atoms with Crippen LogP contribution in [0.15, 0.2) is 72.9 Å². The summed E-state index contributed by atoms with van der Waals surface area (Å²) in [6.07, 6.45) is 36.1. The highest BCUT2D eigenvalue weighted by molar-refractivity contribution is 7.47. The van der Waals surface area contributed by atoms with Crippen LogP contribution in [-0.2, 0) is 32.7 Å². The minimum Gasteiger partial charge on any atom is -0.457 e. The average Bonchev–Trinajstić information content (AvgIpc) is 3.09. The first kappa shape index (κ1) is 46.4. The number of hydrogen-bond acceptors (Lipinski definition) is 9. The quantitative estimate of drug-likeness (QED) is 0.0268. The lowest BCUT2D eigenvalue weighted by Crippen LogP contribution is -2.28. The molecule has 49 heavy (non-hydrogen) atoms. The lowest BCUT2D eigenvalue weighted by molar-refractivity contribution is -0.153. The van der Waals surface area contributed by atoms with Gasteiger partial charge in [-0.3, -0.25) is 18.6 Å². The van der Waals surface area contributed by atoms with Gasteiger partial charge in [0.1, 0.15) is 12.2 Å². The van der Waals surface area contributed by atoms with Crippen LogP contribution in [0.4, 0.5) is 0 Å². The number of ether oxygens (including phenoxy) is 2. The normalized spacial score (nSPS) is 15.0. The van der Waals surface area contributed by atoms with Crippen molar-refractivity contribution in [3.8, 4) is 0 Å². The van der Waals surface area contributed by atoms with Crippen LogP contribution in [0, 0.1) is 0 Å². The first-order valence-electron chi connectivity index (χ1n) is 17.9. The van der Waals surface area contributed by atoms with Gasteiger partial charge in [-0.25, -0.2) is 4.57 Å². The average molecular weight is 711 g/mol. The lowest BCUT2D eigenvalue weighted by Gasteiger charge is -2.20. The maximum Gasteiger partial charge on any atom is 0.472 e. The fourth-order valence-corrected chi connectivity index (χ4v) is 4.98. The molecule has 0 heterocycles. The molecule has 0 spiro atoms. The molecule has 0 aromatic carbocycles. The van der Waals surface area contributed by atoms with Crippen LogP contribution >= 0.6 is 7.82 Å². The highest BCUT2D eigenvalue weighted by atomic mass is 31.2. The molecule has 280 valence electrons. The molecule has 10 nitrogen and oxygen atoms in total. The number of rotatable bonds is 32. The number of allylic oxidation sites excluding steroid dienone is 12. The van der Waals surface area contributed by atoms with E-state index >= 15 is 0 Å². The first-order chi connectivity index (χ1) is 23.8. The summed E-state index contributed by atoms with van der Waals surface area (Å²) in [5.41, 5.74) is 0. The van der Waals surface area contributed by atoms with Crippen molar-refractivity contribution in [1.82, 2.24) is 0 Å². The molecule has 0 aliphatic carbocycles. The van der Waals surface area contributed by atoms with Crippen LogP contribution in [0.5, 0.6) is 0 Å². The van der Waals surface area contributed by atoms with E-state index in [1.807, 2.05) is 0 Å². The van der Waals surface area contributed by atoms with Gasteiger partial charge in [-0.2, -0.15) is 0 Å². The van der Waals surface area contributed by atoms with E-state index in [2.05, 4.69) is 86.8 Å². The molecule has 0 aliphatic heterocycles. The topological polar surface area (TPSA) is 149 Å². The minimum absolute atomic E-state index is 0.150. The Hall–Kier alpha value is -2.59. The number of hydrogen-bond donors (Lipinski definition) is 3. The zero-order valence-corrected chi connectivity index (χ0v) is 30.8. The molecule has 0 aromatic rings. The van der Waals surface area contributed by atoms with Gasteiger partial charge in [0.05, 0.1) is 26.4 Å². The third-order valence-electron chi connectivity index (χ3n) is 6.91. The van der Waals surface area contributed by atoms with Crippen molar-refractivity contribution in [2.45, 2.75) is 129 Å². The van der Waals surface area contributed by atoms with Gasteiger partial charge in [0, 0.05) is 12.8 Å². The van der Waals surface area contributed by atoms with E-state index in [4.69, 9.17) is 18.5 Å². The number of phosphoric acid groups is 1. The standard InChI is InChI=1S/C38H63O10P/c1-3-5-7-9-11-13-15-17-19-21-23-25-27-29-37(41)47-35(31-39)33-45-49(43,44)46-34-36(32-40)48-38(42)30-28-26-24-22-20-18-16-14-12-10-8-6-4-2/h5-8,11-14,17-20,35-36,39-40H,3-4,9-10,15-16,21-34H2,1-2H3,(H,43,44)/b7-5-,8-6-,13-11-,14-12-,19-17-,20-18-. The number of unbranched alkanes of at least 4 members (excludes halogenated alkanes) is 6. The molecular weight excluding hydrogens is 647 g/mol. The summed E-state index contributed by atoms with van der Waals surface area (Å²) in [6, 6.07) is 0. The Morgan fingerprint density at radius 3 is 1.24 bits per heavy atom. The zero-order chi connectivity index (χ0) is 36.3. The Labute approximate surface area is 295 Å². The SMILES string of the molecule is CC/C=C\C/C=C\C/C=C\CCCCCC(=O)OC(CO)COP(=O)(O)OCC(CO)OC(=O)CCCCC/C=C\C/C=C\C/C=C\CC. The zero-order valence-electron chi connectivity index (χ0n) is 29.9. The highest BCUT2D eigenvalue weighted by Crippen LogP contribution is 2.43. The van der Waals surface area contributed by atoms with Crippen LogP contribution < -0.4 is 0 Å². The van der Waals surface area contributed by atoms with E-state index in [9.17, 15) is 29.3 Å². The Morgan fingerprint density at radius 2 is 0.898 bits per heavy atom. The van der Waals surface area contributed by atoms with Crippen molar-refractivity contribution in [2.75, 3.05) is 26.4 Å². The van der Waals surface area contributed by atoms with Crippen molar-refractivity contribution in [3.05, 3.63) is 72.9 Å². The molecule has 0 saturated carbocycles. The summed E-state index contributed by atoms with van der Waals surface area (Å²) in [7, 11) is -4.65. The molecule has 2 atom stereocenters. The van der Waals surface area contributed by atoms with Crippen LogP contribution in [0.2, 0.25) is 0 Å². The van der Waals surface area contributed by atoms with Crippen molar-refractivity contribution < 1.29 is 47.8 Å². The molecule has 0 amide bonds. The summed E-state index contributed by atoms with van der Waals surface area (Å²) in [4.78, 5) is 34.3. The number of carbonyl (C=O) groups excluding carboxylic acids is 2. The van der Waals surface area contributed by atoms with Crippen molar-refractivity contribution in [2.24, 2.45) is 0 Å². The van der Waals surface area contributed by atoms with Gasteiger partial charge in [0.15, 0.2) is 0 Å². The molecule has 11 heteroatoms. The second-order valence-corrected chi connectivity index (χ2v) is 12.9. The summed E-state index contributed by atoms with van der Waals surface area (Å²) < 4.78 is 32.3. The second kappa shape index (κ2) is 33.9. The maximum atomic E-state index is 12.3. The van der Waals surface area contributed by atoms with Crippen molar-refractivity contribution >= 4 is 19.8 Å². The minimum atomic E-state index is -4.65. The van der Waals surface area contributed by atoms with E-state index in [0.29, 0.717) is 12.8 Å². The van der Waals surface area contributed by atoms with Crippen LogP contribution in [0.1, 0.15) is 117 Å². The monoisotopic (exact) mass is 710 g/mol. The number of carbonyl (C=O) groups is 2. The van der Waals surface area contributed by atoms with Gasteiger partial charge < -0.3 is 24.6 Å². The van der Waals surface area contributed by atoms with Gasteiger partial charge in [0.2, 0.25) is 0 Å². The van der Waals surface area contributed by atoms with Crippen molar-refractivity contribution in [1.29, 1.82) is 0 Å². The number of esters is 2. The molecule has 3 N–H and O–H groups in total. The summed E-state index contributed by atoms with van der Waals surface area (Å²) >= 11 is 0. The third-order valence-corrected chi connectivity index (χ3v) is 7.86. The van der Waals surface area contributed by atoms with Gasteiger partial charge in [-0.1, -0.05) is 99.6 Å². The van der Waals surface area contributed by atoms with Crippen LogP contribution in [-0.4, -0.2) is 65.7 Å². The molecule has 0 aliphatic rings. The van der Waals surface area contributed by atoms with E-state index in [-0.39, 0.29) is 12.8 Å². The van der Waals surface area contributed by atoms with Crippen molar-refractivity contribution in [3.63, 3.8) is 0 Å². The molecular formula is C38H63O10P. The van der Waals surface area contributed by atoms with Gasteiger partial charge in [0.25, 0.3) is 0 Å². The van der Waals surface area contributed by atoms with Crippen LogP contribution in [0.25, 0.3) is 0 Å². The van der Waals surface area contributed by atoms with Crippen LogP contribution in [0.3, 0.4) is 0 Å². The van der Waals surface area contributed by atoms with Gasteiger partial charge in [-0.05, 0) is 77.0 Å². The molecule has 0 radical (unpaired) electrons. The molecule has 0 fully saturated rings. The van der Waals surface area contributed by atoms with Gasteiger partial charge in [-0.15, -0.1) is 0 Å². The van der Waals surface area contributed by atoms with Gasteiger partial charge >= 0.3 is 19.8 Å². The van der Waals surface area contributed by atoms with E-state index in [0.717, 1.165) is 77.0 Å². The fourth-order valence-electron chi connectivity index (χ4n) is 4.20. The first-order valence-corrected chi connectivity index (χ1v) is 19.4. The Balaban J connectivity index is 4.11. The fraction of sp³-hybridized carbons (Fsp3) is 0.632. The second-order valence-electron chi connectivity index (χ2n) is 11.4. The molecule has 0 rings (SSSR count). The molecule has 0 aromatic heterocycles. The third kappa shape index (κ3) is 32.4. The Kier molecular flexibility index (Phi) is 32.1. The smallest absolute Gasteiger partial charge is 0.457 e. The number of aliphatic hydroxyl groups excluding tert-OH is 2.